The third kappa shape index (κ3) is 3.86. The van der Waals surface area contributed by atoms with Gasteiger partial charge < -0.3 is 5.73 Å². The quantitative estimate of drug-likeness (QED) is 0.759. The third-order valence-corrected chi connectivity index (χ3v) is 3.10. The standard InChI is InChI=1S/C10H18F3N/c1-7-2-3-8(6-7)9(14)4-5-10(11,12)13/h7-9H,2-6,14H2,1H3. The van der Waals surface area contributed by atoms with E-state index in [2.05, 4.69) is 6.92 Å². The summed E-state index contributed by atoms with van der Waals surface area (Å²) in [7, 11) is 0. The molecule has 0 saturated heterocycles. The zero-order chi connectivity index (χ0) is 10.8. The molecular weight excluding hydrogens is 191 g/mol. The van der Waals surface area contributed by atoms with Gasteiger partial charge in [-0.1, -0.05) is 13.3 Å². The summed E-state index contributed by atoms with van der Waals surface area (Å²) in [6, 6.07) is -0.262. The highest BCUT2D eigenvalue weighted by Gasteiger charge is 2.31. The molecule has 0 aromatic rings. The number of rotatable bonds is 3. The van der Waals surface area contributed by atoms with E-state index in [0.717, 1.165) is 19.3 Å². The zero-order valence-corrected chi connectivity index (χ0v) is 8.48. The second-order valence-corrected chi connectivity index (χ2v) is 4.50. The molecule has 4 heteroatoms. The van der Waals surface area contributed by atoms with Crippen LogP contribution in [0.25, 0.3) is 0 Å². The van der Waals surface area contributed by atoms with Crippen molar-refractivity contribution in [3.05, 3.63) is 0 Å². The van der Waals surface area contributed by atoms with Crippen molar-refractivity contribution in [3.8, 4) is 0 Å². The Balaban J connectivity index is 2.25. The lowest BCUT2D eigenvalue weighted by Crippen LogP contribution is -2.30. The summed E-state index contributed by atoms with van der Waals surface area (Å²) in [5, 5.41) is 0. The highest BCUT2D eigenvalue weighted by atomic mass is 19.4. The van der Waals surface area contributed by atoms with Gasteiger partial charge in [0.25, 0.3) is 0 Å². The van der Waals surface area contributed by atoms with Crippen LogP contribution < -0.4 is 5.73 Å². The molecule has 3 atom stereocenters. The Morgan fingerprint density at radius 1 is 1.36 bits per heavy atom. The summed E-state index contributed by atoms with van der Waals surface area (Å²) < 4.78 is 35.8. The van der Waals surface area contributed by atoms with Gasteiger partial charge in [-0.25, -0.2) is 0 Å². The van der Waals surface area contributed by atoms with Crippen molar-refractivity contribution in [2.45, 2.75) is 51.2 Å². The minimum absolute atomic E-state index is 0.0842. The molecule has 0 aromatic carbocycles. The van der Waals surface area contributed by atoms with Gasteiger partial charge in [-0.15, -0.1) is 0 Å². The Morgan fingerprint density at radius 2 is 2.00 bits per heavy atom. The summed E-state index contributed by atoms with van der Waals surface area (Å²) in [6.07, 6.45) is -1.59. The van der Waals surface area contributed by atoms with Crippen LogP contribution in [-0.2, 0) is 0 Å². The van der Waals surface area contributed by atoms with Gasteiger partial charge in [-0.05, 0) is 31.1 Å². The second-order valence-electron chi connectivity index (χ2n) is 4.50. The molecule has 3 unspecified atom stereocenters. The first-order chi connectivity index (χ1) is 6.38. The first-order valence-corrected chi connectivity index (χ1v) is 5.21. The molecule has 84 valence electrons. The summed E-state index contributed by atoms with van der Waals surface area (Å²) in [5.41, 5.74) is 5.75. The van der Waals surface area contributed by atoms with Gasteiger partial charge in [0.2, 0.25) is 0 Å². The Hall–Kier alpha value is -0.250. The van der Waals surface area contributed by atoms with Crippen LogP contribution in [0.3, 0.4) is 0 Å². The van der Waals surface area contributed by atoms with Crippen LogP contribution >= 0.6 is 0 Å². The fraction of sp³-hybridized carbons (Fsp3) is 1.00. The number of nitrogens with two attached hydrogens (primary N) is 1. The topological polar surface area (TPSA) is 26.0 Å². The fourth-order valence-corrected chi connectivity index (χ4v) is 2.21. The molecule has 2 N–H and O–H groups in total. The Kier molecular flexibility index (Phi) is 3.81. The lowest BCUT2D eigenvalue weighted by molar-refractivity contribution is -0.136. The maximum Gasteiger partial charge on any atom is 0.389 e. The van der Waals surface area contributed by atoms with Gasteiger partial charge in [-0.2, -0.15) is 13.2 Å². The van der Waals surface area contributed by atoms with Gasteiger partial charge in [0, 0.05) is 12.5 Å². The molecule has 0 aromatic heterocycles. The SMILES string of the molecule is CC1CCC(C(N)CCC(F)(F)F)C1. The predicted molar refractivity (Wildman–Crippen MR) is 49.8 cm³/mol. The van der Waals surface area contributed by atoms with Crippen LogP contribution in [0.5, 0.6) is 0 Å². The van der Waals surface area contributed by atoms with E-state index >= 15 is 0 Å². The largest absolute Gasteiger partial charge is 0.389 e. The second kappa shape index (κ2) is 4.51. The predicted octanol–water partition coefficient (Wildman–Crippen LogP) is 3.09. The first kappa shape index (κ1) is 11.8. The number of hydrogen-bond donors (Lipinski definition) is 1. The lowest BCUT2D eigenvalue weighted by atomic mass is 9.94. The summed E-state index contributed by atoms with van der Waals surface area (Å²) in [4.78, 5) is 0. The van der Waals surface area contributed by atoms with E-state index in [0.29, 0.717) is 11.8 Å². The minimum atomic E-state index is -4.05. The Labute approximate surface area is 82.9 Å². The molecule has 0 amide bonds. The average molecular weight is 209 g/mol. The number of halogens is 3. The molecule has 1 nitrogen and oxygen atoms in total. The van der Waals surface area contributed by atoms with Crippen molar-refractivity contribution in [1.29, 1.82) is 0 Å². The highest BCUT2D eigenvalue weighted by molar-refractivity contribution is 4.81. The molecule has 1 fully saturated rings. The fourth-order valence-electron chi connectivity index (χ4n) is 2.21. The van der Waals surface area contributed by atoms with E-state index in [1.807, 2.05) is 0 Å². The number of hydrogen-bond acceptors (Lipinski definition) is 1. The van der Waals surface area contributed by atoms with E-state index in [-0.39, 0.29) is 12.5 Å². The van der Waals surface area contributed by atoms with Gasteiger partial charge in [0.1, 0.15) is 0 Å². The average Bonchev–Trinajstić information content (AvgIpc) is 2.46. The number of alkyl halides is 3. The van der Waals surface area contributed by atoms with Crippen molar-refractivity contribution >= 4 is 0 Å². The van der Waals surface area contributed by atoms with E-state index in [9.17, 15) is 13.2 Å². The summed E-state index contributed by atoms with van der Waals surface area (Å²) >= 11 is 0. The molecule has 1 aliphatic rings. The Bertz CT molecular complexity index is 179. The van der Waals surface area contributed by atoms with Gasteiger partial charge >= 0.3 is 6.18 Å². The monoisotopic (exact) mass is 209 g/mol. The maximum absolute atomic E-state index is 11.9. The van der Waals surface area contributed by atoms with Crippen molar-refractivity contribution in [2.75, 3.05) is 0 Å². The first-order valence-electron chi connectivity index (χ1n) is 5.21. The highest BCUT2D eigenvalue weighted by Crippen LogP contribution is 2.34. The van der Waals surface area contributed by atoms with E-state index in [1.165, 1.54) is 0 Å². The van der Waals surface area contributed by atoms with Crippen LogP contribution in [0.4, 0.5) is 13.2 Å². The molecule has 0 spiro atoms. The van der Waals surface area contributed by atoms with Crippen molar-refractivity contribution in [2.24, 2.45) is 17.6 Å². The lowest BCUT2D eigenvalue weighted by Gasteiger charge is -2.19. The normalized spacial score (nSPS) is 30.6. The van der Waals surface area contributed by atoms with Crippen LogP contribution in [0.15, 0.2) is 0 Å². The smallest absolute Gasteiger partial charge is 0.327 e. The van der Waals surface area contributed by atoms with E-state index in [4.69, 9.17) is 5.73 Å². The molecular formula is C10H18F3N. The molecule has 1 saturated carbocycles. The van der Waals surface area contributed by atoms with Gasteiger partial charge in [0.05, 0.1) is 0 Å². The summed E-state index contributed by atoms with van der Waals surface area (Å²) in [5.74, 6) is 0.948. The van der Waals surface area contributed by atoms with Crippen LogP contribution in [0.2, 0.25) is 0 Å². The summed E-state index contributed by atoms with van der Waals surface area (Å²) in [6.45, 7) is 2.14. The van der Waals surface area contributed by atoms with Crippen molar-refractivity contribution in [3.63, 3.8) is 0 Å². The van der Waals surface area contributed by atoms with Crippen LogP contribution in [-0.4, -0.2) is 12.2 Å². The Morgan fingerprint density at radius 3 is 2.43 bits per heavy atom. The van der Waals surface area contributed by atoms with Crippen LogP contribution in [0, 0.1) is 11.8 Å². The van der Waals surface area contributed by atoms with E-state index < -0.39 is 12.6 Å². The molecule has 1 aliphatic carbocycles. The third-order valence-electron chi connectivity index (χ3n) is 3.10. The molecule has 0 bridgehead atoms. The molecule has 1 rings (SSSR count). The van der Waals surface area contributed by atoms with Crippen LogP contribution in [0.1, 0.15) is 39.0 Å². The zero-order valence-electron chi connectivity index (χ0n) is 8.48. The molecule has 0 aliphatic heterocycles. The van der Waals surface area contributed by atoms with Crippen molar-refractivity contribution in [1.82, 2.24) is 0 Å². The minimum Gasteiger partial charge on any atom is -0.327 e. The maximum atomic E-state index is 11.9. The van der Waals surface area contributed by atoms with Gasteiger partial charge in [0.15, 0.2) is 0 Å². The van der Waals surface area contributed by atoms with Gasteiger partial charge in [-0.3, -0.25) is 0 Å². The molecule has 0 radical (unpaired) electrons. The van der Waals surface area contributed by atoms with E-state index in [1.54, 1.807) is 0 Å². The molecule has 0 heterocycles. The van der Waals surface area contributed by atoms with Crippen molar-refractivity contribution < 1.29 is 13.2 Å². The molecule has 14 heavy (non-hydrogen) atoms.